The maximum absolute atomic E-state index is 13.5. The molecule has 3 aromatic rings. The lowest BCUT2D eigenvalue weighted by Gasteiger charge is -2.22. The van der Waals surface area contributed by atoms with Crippen LogP contribution in [-0.2, 0) is 17.4 Å². The zero-order valence-corrected chi connectivity index (χ0v) is 21.9. The number of nitrogens with zero attached hydrogens (tertiary/aromatic N) is 3. The summed E-state index contributed by atoms with van der Waals surface area (Å²) < 4.78 is 47.3. The molecule has 0 spiro atoms. The molecule has 3 amide bonds. The molecule has 4 rings (SSSR count). The average molecular weight is 559 g/mol. The molecule has 0 unspecified atom stereocenters. The van der Waals surface area contributed by atoms with Gasteiger partial charge >= 0.3 is 18.1 Å². The van der Waals surface area contributed by atoms with Crippen LogP contribution in [0.1, 0.15) is 48.4 Å². The molecule has 0 saturated heterocycles. The highest BCUT2D eigenvalue weighted by atomic mass is 19.4. The monoisotopic (exact) mass is 558 g/mol. The SMILES string of the molecule is CNC(=O)[C@@H]1CCC[C@@H]([n+]2cc(NC(=O)Nc3cc(N=C([O-])Cc4ccccc4C)cc(C(F)(F)F)c3)on2)C1. The van der Waals surface area contributed by atoms with Crippen LogP contribution in [0.15, 0.2) is 58.2 Å². The van der Waals surface area contributed by atoms with Gasteiger partial charge in [0, 0.05) is 37.9 Å². The van der Waals surface area contributed by atoms with Crippen molar-refractivity contribution in [3.8, 4) is 0 Å². The lowest BCUT2D eigenvalue weighted by Crippen LogP contribution is -2.45. The van der Waals surface area contributed by atoms with Gasteiger partial charge in [-0.15, -0.1) is 0 Å². The third-order valence-corrected chi connectivity index (χ3v) is 6.72. The molecular weight excluding hydrogens is 529 g/mol. The number of hydrogen-bond donors (Lipinski definition) is 3. The Balaban J connectivity index is 1.46. The zero-order valence-electron chi connectivity index (χ0n) is 21.9. The van der Waals surface area contributed by atoms with Gasteiger partial charge in [0.1, 0.15) is 0 Å². The highest BCUT2D eigenvalue weighted by molar-refractivity contribution is 5.99. The van der Waals surface area contributed by atoms with Gasteiger partial charge in [-0.05, 0) is 59.7 Å². The fourth-order valence-corrected chi connectivity index (χ4v) is 4.67. The van der Waals surface area contributed by atoms with Crippen LogP contribution >= 0.6 is 0 Å². The summed E-state index contributed by atoms with van der Waals surface area (Å²) in [6.45, 7) is 1.82. The number of aryl methyl sites for hydroxylation is 1. The Morgan fingerprint density at radius 3 is 2.67 bits per heavy atom. The number of carbonyl (C=O) groups excluding carboxylic acids is 2. The number of anilines is 2. The first-order valence-corrected chi connectivity index (χ1v) is 12.7. The van der Waals surface area contributed by atoms with E-state index in [1.807, 2.05) is 19.1 Å². The quantitative estimate of drug-likeness (QED) is 0.229. The molecule has 3 N–H and O–H groups in total. The first-order chi connectivity index (χ1) is 19.0. The molecule has 1 aliphatic rings. The van der Waals surface area contributed by atoms with Gasteiger partial charge in [-0.3, -0.25) is 19.6 Å². The van der Waals surface area contributed by atoms with Gasteiger partial charge in [0.15, 0.2) is 6.04 Å². The third-order valence-electron chi connectivity index (χ3n) is 6.72. The van der Waals surface area contributed by atoms with E-state index < -0.39 is 23.7 Å². The van der Waals surface area contributed by atoms with Gasteiger partial charge < -0.3 is 15.7 Å². The van der Waals surface area contributed by atoms with Crippen LogP contribution in [-0.4, -0.2) is 30.2 Å². The number of hydrogen-bond acceptors (Lipinski definition) is 6. The van der Waals surface area contributed by atoms with Gasteiger partial charge in [0.25, 0.3) is 6.20 Å². The van der Waals surface area contributed by atoms with Crippen molar-refractivity contribution in [1.82, 2.24) is 10.6 Å². The number of urea groups is 1. The van der Waals surface area contributed by atoms with Crippen LogP contribution in [0.3, 0.4) is 0 Å². The van der Waals surface area contributed by atoms with E-state index in [2.05, 4.69) is 26.2 Å². The van der Waals surface area contributed by atoms with Gasteiger partial charge in [-0.1, -0.05) is 24.3 Å². The van der Waals surface area contributed by atoms with Gasteiger partial charge in [-0.25, -0.2) is 4.79 Å². The Kier molecular flexibility index (Phi) is 8.70. The smallest absolute Gasteiger partial charge is 0.416 e. The fraction of sp³-hybridized carbons (Fsp3) is 0.370. The summed E-state index contributed by atoms with van der Waals surface area (Å²) in [6, 6.07) is 8.80. The van der Waals surface area contributed by atoms with Crippen LogP contribution in [0.5, 0.6) is 0 Å². The van der Waals surface area contributed by atoms with E-state index in [0.29, 0.717) is 12.0 Å². The minimum absolute atomic E-state index is 0.0372. The molecule has 2 aromatic carbocycles. The lowest BCUT2D eigenvalue weighted by atomic mass is 9.85. The second-order valence-corrected chi connectivity index (χ2v) is 9.63. The summed E-state index contributed by atoms with van der Waals surface area (Å²) in [6.07, 6.45) is -0.444. The Morgan fingerprint density at radius 1 is 1.18 bits per heavy atom. The summed E-state index contributed by atoms with van der Waals surface area (Å²) in [5, 5.41) is 23.8. The lowest BCUT2D eigenvalue weighted by molar-refractivity contribution is -0.787. The number of aliphatic imine (C=N–C) groups is 1. The molecule has 0 aliphatic heterocycles. The average Bonchev–Trinajstić information content (AvgIpc) is 3.37. The number of carbonyl (C=O) groups is 2. The zero-order chi connectivity index (χ0) is 28.9. The number of halogens is 3. The Labute approximate surface area is 228 Å². The summed E-state index contributed by atoms with van der Waals surface area (Å²) in [5.74, 6) is -0.867. The molecule has 212 valence electrons. The minimum atomic E-state index is -4.74. The highest BCUT2D eigenvalue weighted by Gasteiger charge is 2.35. The van der Waals surface area contributed by atoms with Crippen molar-refractivity contribution >= 4 is 35.1 Å². The van der Waals surface area contributed by atoms with E-state index in [9.17, 15) is 27.9 Å². The molecule has 1 aromatic heterocycles. The predicted molar refractivity (Wildman–Crippen MR) is 138 cm³/mol. The molecule has 1 heterocycles. The number of benzene rings is 2. The first-order valence-electron chi connectivity index (χ1n) is 12.7. The largest absolute Gasteiger partial charge is 0.861 e. The van der Waals surface area contributed by atoms with Crippen molar-refractivity contribution in [3.63, 3.8) is 0 Å². The maximum atomic E-state index is 13.5. The standard InChI is InChI=1S/C27H29F3N6O4/c1-16-6-3-4-7-17(16)11-23(37)32-20-12-19(27(28,29)30)13-21(14-20)33-26(39)34-24-15-36(35-40-24)22-9-5-8-18(10-22)25(38)31-2/h3-4,6-7,12-15,18,22H,5,8-11H2,1-2H3,(H3-,31,32,33,34,35,37,38,39)/t18-,22-/m1/s1. The molecule has 13 heteroatoms. The van der Waals surface area contributed by atoms with Crippen molar-refractivity contribution in [3.05, 3.63) is 65.4 Å². The van der Waals surface area contributed by atoms with E-state index >= 15 is 0 Å². The summed E-state index contributed by atoms with van der Waals surface area (Å²) >= 11 is 0. The fourth-order valence-electron chi connectivity index (χ4n) is 4.67. The molecule has 1 saturated carbocycles. The van der Waals surface area contributed by atoms with Crippen LogP contribution in [0.25, 0.3) is 0 Å². The van der Waals surface area contributed by atoms with Crippen LogP contribution in [0.4, 0.5) is 35.2 Å². The topological polar surface area (TPSA) is 136 Å². The maximum Gasteiger partial charge on any atom is 0.416 e. The summed E-state index contributed by atoms with van der Waals surface area (Å²) in [5.41, 5.74) is 0.0282. The van der Waals surface area contributed by atoms with E-state index in [0.717, 1.165) is 37.0 Å². The second kappa shape index (κ2) is 12.2. The summed E-state index contributed by atoms with van der Waals surface area (Å²) in [7, 11) is 1.58. The number of nitrogens with one attached hydrogen (secondary N) is 3. The van der Waals surface area contributed by atoms with E-state index in [1.165, 1.54) is 16.9 Å². The molecule has 1 aliphatic carbocycles. The normalized spacial score (nSPS) is 17.8. The number of aromatic nitrogens is 2. The molecule has 10 nitrogen and oxygen atoms in total. The predicted octanol–water partition coefficient (Wildman–Crippen LogP) is 4.04. The van der Waals surface area contributed by atoms with Crippen molar-refractivity contribution < 1.29 is 37.1 Å². The van der Waals surface area contributed by atoms with Crippen molar-refractivity contribution in [2.75, 3.05) is 17.7 Å². The molecule has 40 heavy (non-hydrogen) atoms. The Morgan fingerprint density at radius 2 is 1.95 bits per heavy atom. The number of alkyl halides is 3. The Hall–Kier alpha value is -4.42. The second-order valence-electron chi connectivity index (χ2n) is 9.63. The Bertz CT molecular complexity index is 1400. The van der Waals surface area contributed by atoms with E-state index in [1.54, 1.807) is 19.2 Å². The van der Waals surface area contributed by atoms with Crippen molar-refractivity contribution in [2.45, 2.75) is 51.2 Å². The van der Waals surface area contributed by atoms with E-state index in [4.69, 9.17) is 4.52 Å². The molecule has 1 fully saturated rings. The summed E-state index contributed by atoms with van der Waals surface area (Å²) in [4.78, 5) is 28.4. The molecular formula is C27H29F3N6O4. The minimum Gasteiger partial charge on any atom is -0.861 e. The van der Waals surface area contributed by atoms with Crippen LogP contribution in [0.2, 0.25) is 0 Å². The van der Waals surface area contributed by atoms with Crippen molar-refractivity contribution in [1.29, 1.82) is 0 Å². The van der Waals surface area contributed by atoms with Gasteiger partial charge in [-0.2, -0.15) is 13.2 Å². The van der Waals surface area contributed by atoms with E-state index in [-0.39, 0.29) is 41.5 Å². The van der Waals surface area contributed by atoms with Crippen LogP contribution < -0.4 is 25.7 Å². The molecule has 0 bridgehead atoms. The van der Waals surface area contributed by atoms with Gasteiger partial charge in [0.2, 0.25) is 11.2 Å². The first kappa shape index (κ1) is 28.6. The number of rotatable bonds is 7. The molecule has 0 radical (unpaired) electrons. The number of amides is 3. The third kappa shape index (κ3) is 7.36. The molecule has 2 atom stereocenters. The van der Waals surface area contributed by atoms with Crippen molar-refractivity contribution in [2.24, 2.45) is 10.9 Å². The van der Waals surface area contributed by atoms with Crippen LogP contribution in [0, 0.1) is 12.8 Å². The van der Waals surface area contributed by atoms with Gasteiger partial charge in [0.05, 0.1) is 11.3 Å². The highest BCUT2D eigenvalue weighted by Crippen LogP contribution is 2.34.